The van der Waals surface area contributed by atoms with Crippen molar-refractivity contribution in [3.8, 4) is 0 Å². The van der Waals surface area contributed by atoms with E-state index in [0.29, 0.717) is 17.4 Å². The molecule has 1 aromatic heterocycles. The highest BCUT2D eigenvalue weighted by Crippen LogP contribution is 2.32. The van der Waals surface area contributed by atoms with Gasteiger partial charge in [0.25, 0.3) is 0 Å². The first-order chi connectivity index (χ1) is 9.49. The number of rotatable bonds is 6. The van der Waals surface area contributed by atoms with Crippen molar-refractivity contribution in [2.24, 2.45) is 5.92 Å². The van der Waals surface area contributed by atoms with Gasteiger partial charge in [0, 0.05) is 10.3 Å². The standard InChI is InChI=1S/C16H20O3S/c1-10(2)8-11(3)19-9-13-12-6-4-5-7-14(12)20-15(13)16(17)18/h4-7,10-11H,8-9H2,1-3H3,(H,17,18). The Morgan fingerprint density at radius 1 is 1.30 bits per heavy atom. The summed E-state index contributed by atoms with van der Waals surface area (Å²) < 4.78 is 6.84. The fourth-order valence-electron chi connectivity index (χ4n) is 2.37. The normalized spacial score (nSPS) is 13.0. The van der Waals surface area contributed by atoms with Crippen molar-refractivity contribution < 1.29 is 14.6 Å². The van der Waals surface area contributed by atoms with Crippen molar-refractivity contribution in [3.63, 3.8) is 0 Å². The lowest BCUT2D eigenvalue weighted by Crippen LogP contribution is -2.12. The van der Waals surface area contributed by atoms with E-state index in [9.17, 15) is 9.90 Å². The number of ether oxygens (including phenoxy) is 1. The number of carboxylic acids is 1. The summed E-state index contributed by atoms with van der Waals surface area (Å²) in [7, 11) is 0. The summed E-state index contributed by atoms with van der Waals surface area (Å²) in [5, 5.41) is 10.3. The molecule has 1 unspecified atom stereocenters. The summed E-state index contributed by atoms with van der Waals surface area (Å²) in [5.41, 5.74) is 0.800. The van der Waals surface area contributed by atoms with E-state index in [2.05, 4.69) is 13.8 Å². The van der Waals surface area contributed by atoms with Gasteiger partial charge in [-0.3, -0.25) is 0 Å². The molecule has 1 heterocycles. The molecule has 0 fully saturated rings. The number of carbonyl (C=O) groups is 1. The van der Waals surface area contributed by atoms with Crippen LogP contribution in [0.3, 0.4) is 0 Å². The van der Waals surface area contributed by atoms with Crippen LogP contribution in [-0.2, 0) is 11.3 Å². The van der Waals surface area contributed by atoms with Gasteiger partial charge in [-0.1, -0.05) is 32.0 Å². The third-order valence-corrected chi connectivity index (χ3v) is 4.41. The molecule has 0 saturated heterocycles. The van der Waals surface area contributed by atoms with Crippen LogP contribution in [-0.4, -0.2) is 17.2 Å². The number of fused-ring (bicyclic) bond motifs is 1. The summed E-state index contributed by atoms with van der Waals surface area (Å²) in [6, 6.07) is 7.77. The van der Waals surface area contributed by atoms with Crippen LogP contribution in [0.1, 0.15) is 42.4 Å². The second-order valence-corrected chi connectivity index (χ2v) is 6.51. The van der Waals surface area contributed by atoms with Gasteiger partial charge in [0.2, 0.25) is 0 Å². The Morgan fingerprint density at radius 3 is 2.65 bits per heavy atom. The summed E-state index contributed by atoms with van der Waals surface area (Å²) in [6.07, 6.45) is 1.11. The zero-order valence-electron chi connectivity index (χ0n) is 12.1. The van der Waals surface area contributed by atoms with Crippen LogP contribution in [0.25, 0.3) is 10.1 Å². The van der Waals surface area contributed by atoms with Crippen LogP contribution in [0.4, 0.5) is 0 Å². The Labute approximate surface area is 123 Å². The number of benzene rings is 1. The molecule has 1 N–H and O–H groups in total. The van der Waals surface area contributed by atoms with Gasteiger partial charge < -0.3 is 9.84 Å². The molecule has 3 nitrogen and oxygen atoms in total. The van der Waals surface area contributed by atoms with E-state index in [1.54, 1.807) is 0 Å². The van der Waals surface area contributed by atoms with Crippen LogP contribution < -0.4 is 0 Å². The van der Waals surface area contributed by atoms with Crippen LogP contribution in [0.15, 0.2) is 24.3 Å². The molecular weight excluding hydrogens is 272 g/mol. The summed E-state index contributed by atoms with van der Waals surface area (Å²) in [6.45, 7) is 6.71. The Balaban J connectivity index is 2.23. The molecule has 0 spiro atoms. The lowest BCUT2D eigenvalue weighted by Gasteiger charge is -2.15. The van der Waals surface area contributed by atoms with E-state index in [1.807, 2.05) is 31.2 Å². The topological polar surface area (TPSA) is 46.5 Å². The minimum Gasteiger partial charge on any atom is -0.477 e. The molecular formula is C16H20O3S. The lowest BCUT2D eigenvalue weighted by atomic mass is 10.1. The molecule has 0 amide bonds. The predicted molar refractivity (Wildman–Crippen MR) is 82.5 cm³/mol. The summed E-state index contributed by atoms with van der Waals surface area (Å²) in [4.78, 5) is 11.8. The Bertz CT molecular complexity index is 601. The maximum atomic E-state index is 11.4. The van der Waals surface area contributed by atoms with Gasteiger partial charge in [-0.15, -0.1) is 11.3 Å². The van der Waals surface area contributed by atoms with Crippen molar-refractivity contribution in [3.05, 3.63) is 34.7 Å². The van der Waals surface area contributed by atoms with E-state index >= 15 is 0 Å². The zero-order chi connectivity index (χ0) is 14.7. The van der Waals surface area contributed by atoms with E-state index in [-0.39, 0.29) is 6.10 Å². The molecule has 108 valence electrons. The van der Waals surface area contributed by atoms with Crippen LogP contribution in [0.5, 0.6) is 0 Å². The van der Waals surface area contributed by atoms with Crippen LogP contribution in [0.2, 0.25) is 0 Å². The summed E-state index contributed by atoms with van der Waals surface area (Å²) in [5.74, 6) is -0.301. The smallest absolute Gasteiger partial charge is 0.346 e. The van der Waals surface area contributed by atoms with Gasteiger partial charge in [-0.05, 0) is 30.7 Å². The van der Waals surface area contributed by atoms with Crippen LogP contribution >= 0.6 is 11.3 Å². The molecule has 0 saturated carbocycles. The second kappa shape index (κ2) is 6.37. The van der Waals surface area contributed by atoms with E-state index < -0.39 is 5.97 Å². The first kappa shape index (κ1) is 15.0. The van der Waals surface area contributed by atoms with Crippen molar-refractivity contribution in [2.75, 3.05) is 0 Å². The van der Waals surface area contributed by atoms with Crippen molar-refractivity contribution in [1.82, 2.24) is 0 Å². The fraction of sp³-hybridized carbons (Fsp3) is 0.438. The number of carboxylic acid groups (broad SMARTS) is 1. The third kappa shape index (κ3) is 3.38. The highest BCUT2D eigenvalue weighted by molar-refractivity contribution is 7.21. The Hall–Kier alpha value is -1.39. The molecule has 2 aromatic rings. The average molecular weight is 292 g/mol. The number of aromatic carboxylic acids is 1. The third-order valence-electron chi connectivity index (χ3n) is 3.21. The van der Waals surface area contributed by atoms with E-state index in [0.717, 1.165) is 22.1 Å². The van der Waals surface area contributed by atoms with Gasteiger partial charge in [-0.2, -0.15) is 0 Å². The maximum Gasteiger partial charge on any atom is 0.346 e. The first-order valence-corrected chi connectivity index (χ1v) is 7.66. The minimum atomic E-state index is -0.874. The summed E-state index contributed by atoms with van der Waals surface area (Å²) >= 11 is 1.32. The highest BCUT2D eigenvalue weighted by Gasteiger charge is 2.18. The Morgan fingerprint density at radius 2 is 2.00 bits per heavy atom. The molecule has 1 atom stereocenters. The average Bonchev–Trinajstić information content (AvgIpc) is 2.74. The molecule has 2 rings (SSSR count). The number of hydrogen-bond donors (Lipinski definition) is 1. The van der Waals surface area contributed by atoms with Gasteiger partial charge in [0.1, 0.15) is 4.88 Å². The zero-order valence-corrected chi connectivity index (χ0v) is 12.9. The van der Waals surface area contributed by atoms with Crippen molar-refractivity contribution in [2.45, 2.75) is 39.9 Å². The predicted octanol–water partition coefficient (Wildman–Crippen LogP) is 4.55. The molecule has 0 aliphatic carbocycles. The van der Waals surface area contributed by atoms with Gasteiger partial charge in [0.15, 0.2) is 0 Å². The van der Waals surface area contributed by atoms with Gasteiger partial charge >= 0.3 is 5.97 Å². The number of hydrogen-bond acceptors (Lipinski definition) is 3. The molecule has 4 heteroatoms. The van der Waals surface area contributed by atoms with Crippen molar-refractivity contribution in [1.29, 1.82) is 0 Å². The largest absolute Gasteiger partial charge is 0.477 e. The molecule has 1 aromatic carbocycles. The van der Waals surface area contributed by atoms with E-state index in [4.69, 9.17) is 4.74 Å². The SMILES string of the molecule is CC(C)CC(C)OCc1c(C(=O)O)sc2ccccc12. The second-order valence-electron chi connectivity index (χ2n) is 5.46. The first-order valence-electron chi connectivity index (χ1n) is 6.84. The number of thiophene rings is 1. The van der Waals surface area contributed by atoms with Crippen molar-refractivity contribution >= 4 is 27.4 Å². The fourth-order valence-corrected chi connectivity index (χ4v) is 3.42. The van der Waals surface area contributed by atoms with E-state index in [1.165, 1.54) is 11.3 Å². The molecule has 0 aliphatic rings. The van der Waals surface area contributed by atoms with Gasteiger partial charge in [-0.25, -0.2) is 4.79 Å². The van der Waals surface area contributed by atoms with Gasteiger partial charge in [0.05, 0.1) is 12.7 Å². The maximum absolute atomic E-state index is 11.4. The minimum absolute atomic E-state index is 0.135. The Kier molecular flexibility index (Phi) is 4.78. The lowest BCUT2D eigenvalue weighted by molar-refractivity contribution is 0.0393. The quantitative estimate of drug-likeness (QED) is 0.849. The molecule has 0 aliphatic heterocycles. The highest BCUT2D eigenvalue weighted by atomic mass is 32.1. The molecule has 20 heavy (non-hydrogen) atoms. The molecule has 0 radical (unpaired) electrons. The van der Waals surface area contributed by atoms with Crippen LogP contribution in [0, 0.1) is 5.92 Å². The molecule has 0 bridgehead atoms. The monoisotopic (exact) mass is 292 g/mol.